The molecule has 2 aliphatic rings. The molecule has 4 rings (SSSR count). The van der Waals surface area contributed by atoms with Crippen molar-refractivity contribution in [2.45, 2.75) is 51.7 Å². The Labute approximate surface area is 181 Å². The van der Waals surface area contributed by atoms with Gasteiger partial charge in [0.05, 0.1) is 5.92 Å². The van der Waals surface area contributed by atoms with E-state index in [0.717, 1.165) is 39.0 Å². The molecule has 0 radical (unpaired) electrons. The molecule has 1 atom stereocenters. The minimum absolute atomic E-state index is 0.0980. The first-order chi connectivity index (χ1) is 14.8. The van der Waals surface area contributed by atoms with Gasteiger partial charge >= 0.3 is 0 Å². The Kier molecular flexibility index (Phi) is 7.54. The number of benzene rings is 2. The molecule has 1 N–H and O–H groups in total. The quantitative estimate of drug-likeness (QED) is 0.750. The summed E-state index contributed by atoms with van der Waals surface area (Å²) in [7, 11) is 0. The lowest BCUT2D eigenvalue weighted by Gasteiger charge is -2.32. The number of piperidine rings is 2. The van der Waals surface area contributed by atoms with Crippen molar-refractivity contribution in [2.24, 2.45) is 5.92 Å². The Bertz CT molecular complexity index is 784. The third kappa shape index (κ3) is 6.16. The second-order valence-electron chi connectivity index (χ2n) is 8.93. The second kappa shape index (κ2) is 10.7. The van der Waals surface area contributed by atoms with Crippen LogP contribution < -0.4 is 5.32 Å². The lowest BCUT2D eigenvalue weighted by atomic mass is 9.96. The van der Waals surface area contributed by atoms with Crippen LogP contribution >= 0.6 is 0 Å². The highest BCUT2D eigenvalue weighted by molar-refractivity contribution is 5.79. The highest BCUT2D eigenvalue weighted by Crippen LogP contribution is 2.19. The Morgan fingerprint density at radius 2 is 1.40 bits per heavy atom. The van der Waals surface area contributed by atoms with Gasteiger partial charge in [0, 0.05) is 26.2 Å². The number of rotatable bonds is 7. The molecule has 2 aliphatic heterocycles. The number of carbonyl (C=O) groups is 1. The van der Waals surface area contributed by atoms with E-state index in [1.54, 1.807) is 0 Å². The molecule has 0 saturated carbocycles. The van der Waals surface area contributed by atoms with E-state index in [2.05, 4.69) is 69.7 Å². The van der Waals surface area contributed by atoms with Gasteiger partial charge in [-0.15, -0.1) is 0 Å². The monoisotopic (exact) mass is 405 g/mol. The molecule has 30 heavy (non-hydrogen) atoms. The summed E-state index contributed by atoms with van der Waals surface area (Å²) in [4.78, 5) is 17.7. The number of likely N-dealkylation sites (tertiary alicyclic amines) is 2. The minimum Gasteiger partial charge on any atom is -0.352 e. The molecule has 0 aliphatic carbocycles. The normalized spacial score (nSPS) is 20.7. The van der Waals surface area contributed by atoms with Gasteiger partial charge in [-0.25, -0.2) is 0 Å². The molecule has 160 valence electrons. The maximum atomic E-state index is 12.8. The number of nitrogens with one attached hydrogen (secondary N) is 1. The topological polar surface area (TPSA) is 35.6 Å². The highest BCUT2D eigenvalue weighted by atomic mass is 16.1. The summed E-state index contributed by atoms with van der Waals surface area (Å²) in [5, 5.41) is 3.18. The first-order valence-electron chi connectivity index (χ1n) is 11.6. The number of nitrogens with zero attached hydrogens (tertiary/aromatic N) is 2. The smallest absolute Gasteiger partial charge is 0.224 e. The average molecular weight is 406 g/mol. The standard InChI is InChI=1S/C26H35N3O/c30-26(25-10-7-17-29(21-25)20-23-8-3-1-4-9-23)27-18-22-11-13-24(14-12-22)19-28-15-5-2-6-16-28/h1,3-4,8-9,11-14,25H,2,5-7,10,15-21H2,(H,27,30). The van der Waals surface area contributed by atoms with E-state index < -0.39 is 0 Å². The van der Waals surface area contributed by atoms with Crippen molar-refractivity contribution in [2.75, 3.05) is 26.2 Å². The summed E-state index contributed by atoms with van der Waals surface area (Å²) < 4.78 is 0. The SMILES string of the molecule is O=C(NCc1ccc(CN2CCCCC2)cc1)C1CCCN(Cc2ccccc2)C1. The van der Waals surface area contributed by atoms with Crippen LogP contribution in [-0.4, -0.2) is 41.9 Å². The summed E-state index contributed by atoms with van der Waals surface area (Å²) in [6.07, 6.45) is 6.12. The van der Waals surface area contributed by atoms with Crippen LogP contribution in [0.15, 0.2) is 54.6 Å². The van der Waals surface area contributed by atoms with E-state index in [1.807, 2.05) is 0 Å². The van der Waals surface area contributed by atoms with Crippen LogP contribution in [0.2, 0.25) is 0 Å². The van der Waals surface area contributed by atoms with Crippen molar-refractivity contribution >= 4 is 5.91 Å². The van der Waals surface area contributed by atoms with Crippen LogP contribution in [-0.2, 0) is 24.4 Å². The number of carbonyl (C=O) groups excluding carboxylic acids is 1. The Morgan fingerprint density at radius 3 is 2.17 bits per heavy atom. The third-order valence-electron chi connectivity index (χ3n) is 6.47. The van der Waals surface area contributed by atoms with Crippen molar-refractivity contribution in [1.29, 1.82) is 0 Å². The van der Waals surface area contributed by atoms with Gasteiger partial charge < -0.3 is 5.32 Å². The van der Waals surface area contributed by atoms with Gasteiger partial charge in [0.2, 0.25) is 5.91 Å². The molecular weight excluding hydrogens is 370 g/mol. The van der Waals surface area contributed by atoms with Gasteiger partial charge in [0.25, 0.3) is 0 Å². The summed E-state index contributed by atoms with van der Waals surface area (Å²) in [6.45, 7) is 6.99. The summed E-state index contributed by atoms with van der Waals surface area (Å²) in [5.41, 5.74) is 3.88. The lowest BCUT2D eigenvalue weighted by molar-refractivity contribution is -0.126. The van der Waals surface area contributed by atoms with Gasteiger partial charge in [-0.3, -0.25) is 14.6 Å². The first-order valence-corrected chi connectivity index (χ1v) is 11.6. The van der Waals surface area contributed by atoms with Crippen LogP contribution in [0.3, 0.4) is 0 Å². The maximum absolute atomic E-state index is 12.8. The molecule has 2 saturated heterocycles. The minimum atomic E-state index is 0.0980. The fourth-order valence-electron chi connectivity index (χ4n) is 4.73. The third-order valence-corrected chi connectivity index (χ3v) is 6.47. The van der Waals surface area contributed by atoms with Crippen molar-refractivity contribution < 1.29 is 4.79 Å². The molecular formula is C26H35N3O. The fraction of sp³-hybridized carbons (Fsp3) is 0.500. The molecule has 0 aromatic heterocycles. The van der Waals surface area contributed by atoms with E-state index in [1.165, 1.54) is 49.0 Å². The Balaban J connectivity index is 1.22. The maximum Gasteiger partial charge on any atom is 0.224 e. The zero-order chi connectivity index (χ0) is 20.6. The van der Waals surface area contributed by atoms with Crippen molar-refractivity contribution in [3.05, 3.63) is 71.3 Å². The molecule has 2 aromatic rings. The van der Waals surface area contributed by atoms with E-state index >= 15 is 0 Å². The van der Waals surface area contributed by atoms with Crippen molar-refractivity contribution in [3.63, 3.8) is 0 Å². The van der Waals surface area contributed by atoms with E-state index in [-0.39, 0.29) is 11.8 Å². The van der Waals surface area contributed by atoms with Crippen LogP contribution in [0.5, 0.6) is 0 Å². The first kappa shape index (κ1) is 21.1. The van der Waals surface area contributed by atoms with Gasteiger partial charge in [-0.2, -0.15) is 0 Å². The van der Waals surface area contributed by atoms with Gasteiger partial charge in [-0.1, -0.05) is 61.0 Å². The molecule has 4 heteroatoms. The molecule has 0 bridgehead atoms. The van der Waals surface area contributed by atoms with Crippen LogP contribution in [0.25, 0.3) is 0 Å². The van der Waals surface area contributed by atoms with Gasteiger partial charge in [0.1, 0.15) is 0 Å². The Hall–Kier alpha value is -2.17. The molecule has 0 spiro atoms. The van der Waals surface area contributed by atoms with Crippen molar-refractivity contribution in [3.8, 4) is 0 Å². The summed E-state index contributed by atoms with van der Waals surface area (Å²) in [5.74, 6) is 0.297. The molecule has 1 unspecified atom stereocenters. The number of amides is 1. The second-order valence-corrected chi connectivity index (χ2v) is 8.93. The largest absolute Gasteiger partial charge is 0.352 e. The van der Waals surface area contributed by atoms with Crippen LogP contribution in [0.4, 0.5) is 0 Å². The lowest BCUT2D eigenvalue weighted by Crippen LogP contribution is -2.42. The van der Waals surface area contributed by atoms with Gasteiger partial charge in [-0.05, 0) is 62.0 Å². The average Bonchev–Trinajstić information content (AvgIpc) is 2.80. The number of hydrogen-bond acceptors (Lipinski definition) is 3. The molecule has 2 fully saturated rings. The van der Waals surface area contributed by atoms with E-state index in [9.17, 15) is 4.79 Å². The Morgan fingerprint density at radius 1 is 0.767 bits per heavy atom. The molecule has 2 aromatic carbocycles. The highest BCUT2D eigenvalue weighted by Gasteiger charge is 2.25. The predicted molar refractivity (Wildman–Crippen MR) is 122 cm³/mol. The zero-order valence-electron chi connectivity index (χ0n) is 18.1. The fourth-order valence-corrected chi connectivity index (χ4v) is 4.73. The summed E-state index contributed by atoms with van der Waals surface area (Å²) in [6, 6.07) is 19.3. The van der Waals surface area contributed by atoms with Crippen molar-refractivity contribution in [1.82, 2.24) is 15.1 Å². The zero-order valence-corrected chi connectivity index (χ0v) is 18.1. The molecule has 4 nitrogen and oxygen atoms in total. The summed E-state index contributed by atoms with van der Waals surface area (Å²) >= 11 is 0. The van der Waals surface area contributed by atoms with E-state index in [4.69, 9.17) is 0 Å². The molecule has 1 amide bonds. The van der Waals surface area contributed by atoms with Crippen LogP contribution in [0.1, 0.15) is 48.8 Å². The van der Waals surface area contributed by atoms with Gasteiger partial charge in [0.15, 0.2) is 0 Å². The van der Waals surface area contributed by atoms with Crippen LogP contribution in [0, 0.1) is 5.92 Å². The number of hydrogen-bond donors (Lipinski definition) is 1. The predicted octanol–water partition coefficient (Wildman–Crippen LogP) is 4.20. The van der Waals surface area contributed by atoms with E-state index in [0.29, 0.717) is 6.54 Å². The molecule has 2 heterocycles.